The van der Waals surface area contributed by atoms with Crippen molar-refractivity contribution in [2.24, 2.45) is 0 Å². The lowest BCUT2D eigenvalue weighted by Gasteiger charge is -2.08. The average molecular weight is 378 g/mol. The summed E-state index contributed by atoms with van der Waals surface area (Å²) < 4.78 is 58.1. The largest absolute Gasteiger partial charge is 0.351 e. The van der Waals surface area contributed by atoms with Gasteiger partial charge in [0, 0.05) is 28.5 Å². The second-order valence-corrected chi connectivity index (χ2v) is 9.32. The molecule has 21 heavy (non-hydrogen) atoms. The molecule has 0 atom stereocenters. The molecule has 11 heteroatoms. The van der Waals surface area contributed by atoms with Gasteiger partial charge in [-0.15, -0.1) is 0 Å². The fourth-order valence-electron chi connectivity index (χ4n) is 1.35. The Hall–Kier alpha value is -0.900. The predicted octanol–water partition coefficient (Wildman–Crippen LogP) is 1.18. The summed E-state index contributed by atoms with van der Waals surface area (Å²) in [7, 11) is -2.68. The zero-order valence-corrected chi connectivity index (χ0v) is 13.7. The topological polar surface area (TPSA) is 97.4 Å². The van der Waals surface area contributed by atoms with Gasteiger partial charge in [-0.2, -0.15) is 0 Å². The van der Waals surface area contributed by atoms with Gasteiger partial charge in [0.15, 0.2) is 5.82 Å². The van der Waals surface area contributed by atoms with E-state index in [2.05, 4.69) is 5.32 Å². The summed E-state index contributed by atoms with van der Waals surface area (Å²) in [5, 5.41) is 1.94. The second kappa shape index (κ2) is 6.47. The lowest BCUT2D eigenvalue weighted by atomic mass is 10.2. The van der Waals surface area contributed by atoms with Gasteiger partial charge < -0.3 is 5.32 Å². The molecule has 0 aliphatic carbocycles. The number of hydrogen-bond acceptors (Lipinski definition) is 5. The maximum Gasteiger partial charge on any atom is 0.264 e. The van der Waals surface area contributed by atoms with E-state index >= 15 is 0 Å². The van der Waals surface area contributed by atoms with Crippen LogP contribution in [0.2, 0.25) is 5.02 Å². The Morgan fingerprint density at radius 3 is 2.33 bits per heavy atom. The molecule has 6 nitrogen and oxygen atoms in total. The van der Waals surface area contributed by atoms with Crippen molar-refractivity contribution >= 4 is 47.1 Å². The van der Waals surface area contributed by atoms with Crippen LogP contribution in [0.15, 0.2) is 17.0 Å². The Balaban J connectivity index is 3.08. The summed E-state index contributed by atoms with van der Waals surface area (Å²) in [6.45, 7) is -0.257. The van der Waals surface area contributed by atoms with E-state index in [-0.39, 0.29) is 17.3 Å². The maximum absolute atomic E-state index is 14.0. The summed E-state index contributed by atoms with van der Waals surface area (Å²) in [5.41, 5.74) is -0.643. The SMILES string of the molecule is CS(=O)(=O)CCNC(=O)c1cc(Cl)cc(S(=O)(=O)Cl)c1F. The van der Waals surface area contributed by atoms with E-state index in [1.54, 1.807) is 0 Å². The summed E-state index contributed by atoms with van der Waals surface area (Å²) in [6.07, 6.45) is 0.970. The average Bonchev–Trinajstić information content (AvgIpc) is 2.28. The molecule has 0 unspecified atom stereocenters. The number of halogens is 3. The third kappa shape index (κ3) is 5.42. The van der Waals surface area contributed by atoms with Crippen LogP contribution in [0.5, 0.6) is 0 Å². The quantitative estimate of drug-likeness (QED) is 0.776. The van der Waals surface area contributed by atoms with Crippen molar-refractivity contribution in [1.82, 2.24) is 5.32 Å². The Bertz CT molecular complexity index is 777. The van der Waals surface area contributed by atoms with Gasteiger partial charge in [-0.25, -0.2) is 21.2 Å². The van der Waals surface area contributed by atoms with Gasteiger partial charge in [0.1, 0.15) is 14.7 Å². The third-order valence-electron chi connectivity index (χ3n) is 2.27. The molecule has 0 radical (unpaired) electrons. The zero-order valence-electron chi connectivity index (χ0n) is 10.6. The smallest absolute Gasteiger partial charge is 0.264 e. The van der Waals surface area contributed by atoms with E-state index in [1.165, 1.54) is 0 Å². The van der Waals surface area contributed by atoms with Crippen LogP contribution in [0.3, 0.4) is 0 Å². The first-order valence-corrected chi connectivity index (χ1v) is 10.1. The van der Waals surface area contributed by atoms with Crippen LogP contribution in [0.25, 0.3) is 0 Å². The van der Waals surface area contributed by atoms with Gasteiger partial charge in [0.25, 0.3) is 15.0 Å². The van der Waals surface area contributed by atoms with Gasteiger partial charge >= 0.3 is 0 Å². The monoisotopic (exact) mass is 377 g/mol. The summed E-state index contributed by atoms with van der Waals surface area (Å²) in [6, 6.07) is 1.69. The lowest BCUT2D eigenvalue weighted by Crippen LogP contribution is -2.29. The van der Waals surface area contributed by atoms with Crippen LogP contribution >= 0.6 is 22.3 Å². The molecule has 1 aromatic carbocycles. The molecule has 0 saturated carbocycles. The number of amides is 1. The summed E-state index contributed by atoms with van der Waals surface area (Å²) in [4.78, 5) is 10.8. The lowest BCUT2D eigenvalue weighted by molar-refractivity contribution is 0.0951. The highest BCUT2D eigenvalue weighted by Gasteiger charge is 2.23. The molecule has 0 fully saturated rings. The zero-order chi connectivity index (χ0) is 16.4. The molecule has 0 heterocycles. The van der Waals surface area contributed by atoms with Gasteiger partial charge in [0.05, 0.1) is 11.3 Å². The molecule has 1 rings (SSSR count). The minimum absolute atomic E-state index is 0.205. The van der Waals surface area contributed by atoms with Crippen molar-refractivity contribution in [3.8, 4) is 0 Å². The fraction of sp³-hybridized carbons (Fsp3) is 0.300. The molecule has 1 N–H and O–H groups in total. The first kappa shape index (κ1) is 18.1. The Morgan fingerprint density at radius 1 is 1.29 bits per heavy atom. The van der Waals surface area contributed by atoms with E-state index in [4.69, 9.17) is 22.3 Å². The van der Waals surface area contributed by atoms with Crippen molar-refractivity contribution in [3.63, 3.8) is 0 Å². The van der Waals surface area contributed by atoms with E-state index in [1.807, 2.05) is 0 Å². The molecule has 118 valence electrons. The number of carbonyl (C=O) groups is 1. The number of sulfone groups is 1. The number of rotatable bonds is 5. The molecule has 0 bridgehead atoms. The molecular formula is C10H10Cl2FNO5S2. The normalized spacial score (nSPS) is 12.2. The third-order valence-corrected chi connectivity index (χ3v) is 4.75. The van der Waals surface area contributed by atoms with Crippen LogP contribution < -0.4 is 5.32 Å². The Morgan fingerprint density at radius 2 is 1.86 bits per heavy atom. The van der Waals surface area contributed by atoms with Crippen molar-refractivity contribution in [3.05, 3.63) is 28.5 Å². The maximum atomic E-state index is 14.0. The van der Waals surface area contributed by atoms with Crippen molar-refractivity contribution < 1.29 is 26.0 Å². The highest BCUT2D eigenvalue weighted by atomic mass is 35.7. The van der Waals surface area contributed by atoms with Gasteiger partial charge in [-0.3, -0.25) is 4.79 Å². The summed E-state index contributed by atoms with van der Waals surface area (Å²) in [5.74, 6) is -2.70. The highest BCUT2D eigenvalue weighted by Crippen LogP contribution is 2.26. The molecule has 1 amide bonds. The number of nitrogens with one attached hydrogen (secondary N) is 1. The van der Waals surface area contributed by atoms with Crippen molar-refractivity contribution in [2.45, 2.75) is 4.90 Å². The Labute approximate surface area is 130 Å². The van der Waals surface area contributed by atoms with Gasteiger partial charge in [-0.05, 0) is 12.1 Å². The number of benzene rings is 1. The molecule has 0 saturated heterocycles. The van der Waals surface area contributed by atoms with E-state index in [9.17, 15) is 26.0 Å². The molecule has 1 aromatic rings. The standard InChI is InChI=1S/C10H10Cl2FNO5S2/c1-20(16,17)3-2-14-10(15)7-4-6(11)5-8(9(7)13)21(12,18)19/h4-5H,2-3H2,1H3,(H,14,15). The molecule has 0 aliphatic heterocycles. The van der Waals surface area contributed by atoms with Crippen molar-refractivity contribution in [1.29, 1.82) is 0 Å². The van der Waals surface area contributed by atoms with Crippen LogP contribution in [-0.2, 0) is 18.9 Å². The fourth-order valence-corrected chi connectivity index (χ4v) is 3.04. The Kier molecular flexibility index (Phi) is 5.59. The van der Waals surface area contributed by atoms with Gasteiger partial charge in [0.2, 0.25) is 0 Å². The van der Waals surface area contributed by atoms with E-state index in [0.717, 1.165) is 18.4 Å². The van der Waals surface area contributed by atoms with Crippen LogP contribution in [0, 0.1) is 5.82 Å². The van der Waals surface area contributed by atoms with Crippen molar-refractivity contribution in [2.75, 3.05) is 18.6 Å². The number of carbonyl (C=O) groups excluding carboxylic acids is 1. The summed E-state index contributed by atoms with van der Waals surface area (Å²) >= 11 is 5.61. The van der Waals surface area contributed by atoms with E-state index in [0.29, 0.717) is 0 Å². The second-order valence-electron chi connectivity index (χ2n) is 4.09. The van der Waals surface area contributed by atoms with Crippen LogP contribution in [-0.4, -0.2) is 41.3 Å². The molecular weight excluding hydrogens is 368 g/mol. The van der Waals surface area contributed by atoms with Crippen LogP contribution in [0.1, 0.15) is 10.4 Å². The molecule has 0 aliphatic rings. The highest BCUT2D eigenvalue weighted by molar-refractivity contribution is 8.13. The predicted molar refractivity (Wildman–Crippen MR) is 76.5 cm³/mol. The first-order chi connectivity index (χ1) is 9.42. The van der Waals surface area contributed by atoms with Crippen LogP contribution in [0.4, 0.5) is 4.39 Å². The molecule has 0 aromatic heterocycles. The minimum Gasteiger partial charge on any atom is -0.351 e. The first-order valence-electron chi connectivity index (χ1n) is 5.31. The minimum atomic E-state index is -4.42. The van der Waals surface area contributed by atoms with Gasteiger partial charge in [-0.1, -0.05) is 11.6 Å². The number of hydrogen-bond donors (Lipinski definition) is 1. The molecule has 0 spiro atoms. The van der Waals surface area contributed by atoms with E-state index < -0.39 is 41.1 Å².